The smallest absolute Gasteiger partial charge is 0.255 e. The Morgan fingerprint density at radius 1 is 1.06 bits per heavy atom. The third-order valence-electron chi connectivity index (χ3n) is 6.46. The Bertz CT molecular complexity index is 1050. The lowest BCUT2D eigenvalue weighted by Gasteiger charge is -2.29. The molecule has 1 saturated heterocycles. The zero-order chi connectivity index (χ0) is 21.4. The summed E-state index contributed by atoms with van der Waals surface area (Å²) in [5, 5.41) is 9.53. The highest BCUT2D eigenvalue weighted by Crippen LogP contribution is 2.31. The van der Waals surface area contributed by atoms with E-state index < -0.39 is 6.04 Å². The number of nitrogens with one attached hydrogen (secondary N) is 3. The monoisotopic (exact) mass is 418 g/mol. The Morgan fingerprint density at radius 2 is 1.94 bits per heavy atom. The summed E-state index contributed by atoms with van der Waals surface area (Å²) in [6.45, 7) is 2.09. The molecule has 2 aromatic rings. The minimum Gasteiger partial charge on any atom is -0.385 e. The number of hydrogen-bond acceptors (Lipinski definition) is 5. The second kappa shape index (κ2) is 8.15. The number of anilines is 1. The van der Waals surface area contributed by atoms with Crippen LogP contribution in [0.5, 0.6) is 0 Å². The highest BCUT2D eigenvalue weighted by Gasteiger charge is 2.39. The molecular weight excluding hydrogens is 392 g/mol. The summed E-state index contributed by atoms with van der Waals surface area (Å²) in [5.41, 5.74) is 5.19. The molecule has 3 heterocycles. The standard InChI is InChI=1S/C24H26N4O3/c29-22-10-9-21(23(30)27-22)28-14-16-12-15(7-8-17(16)24(28)31)13-26-20-6-3-11-25-19-5-2-1-4-18(19)20/h1-2,4-5,7-8,12,20-21,25-26H,3,6,9-11,13-14H2,(H,27,29,30). The lowest BCUT2D eigenvalue weighted by Crippen LogP contribution is -2.52. The van der Waals surface area contributed by atoms with Crippen molar-refractivity contribution in [3.05, 3.63) is 64.7 Å². The van der Waals surface area contributed by atoms with Crippen LogP contribution in [-0.2, 0) is 22.7 Å². The van der Waals surface area contributed by atoms with Gasteiger partial charge < -0.3 is 15.5 Å². The maximum Gasteiger partial charge on any atom is 0.255 e. The average molecular weight is 418 g/mol. The number of benzene rings is 2. The normalized spacial score (nSPS) is 23.0. The Balaban J connectivity index is 1.29. The van der Waals surface area contributed by atoms with Gasteiger partial charge in [0, 0.05) is 43.3 Å². The fourth-order valence-electron chi connectivity index (χ4n) is 4.84. The van der Waals surface area contributed by atoms with Crippen molar-refractivity contribution in [3.8, 4) is 0 Å². The number of piperidine rings is 1. The highest BCUT2D eigenvalue weighted by atomic mass is 16.2. The van der Waals surface area contributed by atoms with E-state index in [1.54, 1.807) is 4.90 Å². The molecule has 3 aliphatic rings. The molecule has 3 N–H and O–H groups in total. The highest BCUT2D eigenvalue weighted by molar-refractivity contribution is 6.05. The van der Waals surface area contributed by atoms with Gasteiger partial charge in [-0.3, -0.25) is 19.7 Å². The van der Waals surface area contributed by atoms with E-state index >= 15 is 0 Å². The van der Waals surface area contributed by atoms with Crippen LogP contribution in [0.4, 0.5) is 5.69 Å². The molecule has 7 nitrogen and oxygen atoms in total. The number of rotatable bonds is 4. The quantitative estimate of drug-likeness (QED) is 0.664. The van der Waals surface area contributed by atoms with Crippen molar-refractivity contribution >= 4 is 23.4 Å². The van der Waals surface area contributed by atoms with Gasteiger partial charge >= 0.3 is 0 Å². The zero-order valence-electron chi connectivity index (χ0n) is 17.3. The van der Waals surface area contributed by atoms with E-state index in [-0.39, 0.29) is 30.2 Å². The van der Waals surface area contributed by atoms with Crippen molar-refractivity contribution in [1.82, 2.24) is 15.5 Å². The van der Waals surface area contributed by atoms with Gasteiger partial charge in [-0.05, 0) is 48.1 Å². The van der Waals surface area contributed by atoms with E-state index in [0.717, 1.165) is 30.5 Å². The largest absolute Gasteiger partial charge is 0.385 e. The fraction of sp³-hybridized carbons (Fsp3) is 0.375. The van der Waals surface area contributed by atoms with Gasteiger partial charge in [-0.25, -0.2) is 0 Å². The molecule has 7 heteroatoms. The Labute approximate surface area is 181 Å². The van der Waals surface area contributed by atoms with E-state index in [9.17, 15) is 14.4 Å². The predicted molar refractivity (Wildman–Crippen MR) is 116 cm³/mol. The molecule has 3 amide bonds. The van der Waals surface area contributed by atoms with E-state index in [4.69, 9.17) is 0 Å². The SMILES string of the molecule is O=C1CCC(N2Cc3cc(CNC4CCCNc5ccccc54)ccc3C2=O)C(=O)N1. The van der Waals surface area contributed by atoms with Crippen LogP contribution in [0, 0.1) is 0 Å². The number of nitrogens with zero attached hydrogens (tertiary/aromatic N) is 1. The number of carbonyl (C=O) groups is 3. The zero-order valence-corrected chi connectivity index (χ0v) is 17.3. The first-order chi connectivity index (χ1) is 15.1. The van der Waals surface area contributed by atoms with Gasteiger partial charge in [0.05, 0.1) is 0 Å². The molecule has 0 spiro atoms. The summed E-state index contributed by atoms with van der Waals surface area (Å²) in [7, 11) is 0. The van der Waals surface area contributed by atoms with E-state index in [1.165, 1.54) is 11.3 Å². The Hall–Kier alpha value is -3.19. The van der Waals surface area contributed by atoms with Crippen molar-refractivity contribution in [2.45, 2.75) is 50.9 Å². The minimum absolute atomic E-state index is 0.132. The first-order valence-corrected chi connectivity index (χ1v) is 10.9. The molecule has 3 aliphatic heterocycles. The van der Waals surface area contributed by atoms with Gasteiger partial charge in [-0.15, -0.1) is 0 Å². The van der Waals surface area contributed by atoms with Crippen LogP contribution in [0.3, 0.4) is 0 Å². The molecule has 160 valence electrons. The lowest BCUT2D eigenvalue weighted by molar-refractivity contribution is -0.136. The summed E-state index contributed by atoms with van der Waals surface area (Å²) in [4.78, 5) is 38.1. The number of para-hydroxylation sites is 1. The van der Waals surface area contributed by atoms with Crippen LogP contribution in [-0.4, -0.2) is 35.2 Å². The maximum atomic E-state index is 12.9. The molecular formula is C24H26N4O3. The van der Waals surface area contributed by atoms with Crippen LogP contribution in [0.25, 0.3) is 0 Å². The van der Waals surface area contributed by atoms with Crippen LogP contribution >= 0.6 is 0 Å². The Kier molecular flexibility index (Phi) is 5.19. The summed E-state index contributed by atoms with van der Waals surface area (Å²) < 4.78 is 0. The minimum atomic E-state index is -0.575. The van der Waals surface area contributed by atoms with Gasteiger partial charge in [0.25, 0.3) is 5.91 Å². The van der Waals surface area contributed by atoms with Gasteiger partial charge in [0.2, 0.25) is 11.8 Å². The molecule has 1 fully saturated rings. The molecule has 0 radical (unpaired) electrons. The lowest BCUT2D eigenvalue weighted by atomic mass is 10.0. The first-order valence-electron chi connectivity index (χ1n) is 10.9. The molecule has 2 unspecified atom stereocenters. The van der Waals surface area contributed by atoms with E-state index in [1.807, 2.05) is 12.1 Å². The fourth-order valence-corrected chi connectivity index (χ4v) is 4.84. The average Bonchev–Trinajstić information content (AvgIpc) is 2.95. The molecule has 0 bridgehead atoms. The Morgan fingerprint density at radius 3 is 2.81 bits per heavy atom. The van der Waals surface area contributed by atoms with Crippen molar-refractivity contribution in [3.63, 3.8) is 0 Å². The third-order valence-corrected chi connectivity index (χ3v) is 6.46. The van der Waals surface area contributed by atoms with Crippen molar-refractivity contribution < 1.29 is 14.4 Å². The molecule has 31 heavy (non-hydrogen) atoms. The van der Waals surface area contributed by atoms with Gasteiger partial charge in [0.15, 0.2) is 0 Å². The van der Waals surface area contributed by atoms with Crippen molar-refractivity contribution in [1.29, 1.82) is 0 Å². The third kappa shape index (κ3) is 3.81. The topological polar surface area (TPSA) is 90.5 Å². The summed E-state index contributed by atoms with van der Waals surface area (Å²) >= 11 is 0. The number of fused-ring (bicyclic) bond motifs is 2. The molecule has 2 atom stereocenters. The number of hydrogen-bond donors (Lipinski definition) is 3. The van der Waals surface area contributed by atoms with Crippen LogP contribution in [0.2, 0.25) is 0 Å². The van der Waals surface area contributed by atoms with Crippen LogP contribution in [0.1, 0.15) is 58.8 Å². The summed E-state index contributed by atoms with van der Waals surface area (Å²) in [5.74, 6) is -0.776. The van der Waals surface area contributed by atoms with E-state index in [0.29, 0.717) is 25.1 Å². The number of carbonyl (C=O) groups excluding carboxylic acids is 3. The summed E-state index contributed by atoms with van der Waals surface area (Å²) in [6, 6.07) is 14.0. The molecule has 0 aliphatic carbocycles. The van der Waals surface area contributed by atoms with Gasteiger partial charge in [0.1, 0.15) is 6.04 Å². The molecule has 0 saturated carbocycles. The van der Waals surface area contributed by atoms with E-state index in [2.05, 4.69) is 46.3 Å². The molecule has 5 rings (SSSR count). The van der Waals surface area contributed by atoms with Crippen LogP contribution in [0.15, 0.2) is 42.5 Å². The predicted octanol–water partition coefficient (Wildman–Crippen LogP) is 2.48. The first kappa shape index (κ1) is 19.8. The number of imide groups is 1. The van der Waals surface area contributed by atoms with Gasteiger partial charge in [-0.1, -0.05) is 30.3 Å². The summed E-state index contributed by atoms with van der Waals surface area (Å²) in [6.07, 6.45) is 2.82. The second-order valence-electron chi connectivity index (χ2n) is 8.48. The molecule has 0 aromatic heterocycles. The van der Waals surface area contributed by atoms with Crippen LogP contribution < -0.4 is 16.0 Å². The number of amides is 3. The van der Waals surface area contributed by atoms with Gasteiger partial charge in [-0.2, -0.15) is 0 Å². The molecule has 2 aromatic carbocycles. The van der Waals surface area contributed by atoms with Crippen molar-refractivity contribution in [2.24, 2.45) is 0 Å². The maximum absolute atomic E-state index is 12.9. The second-order valence-corrected chi connectivity index (χ2v) is 8.48. The van der Waals surface area contributed by atoms with Crippen molar-refractivity contribution in [2.75, 3.05) is 11.9 Å².